The summed E-state index contributed by atoms with van der Waals surface area (Å²) in [4.78, 5) is 12.2. The molecule has 0 saturated carbocycles. The SMILES string of the molecule is C=CCO[C@@H]1O[C@@H]2COC(c3ccccc3)O[C@H]2[C@H](O)[C@H]1NC(=O)OCC(Cl)(Cl)Cl. The zero-order valence-corrected chi connectivity index (χ0v) is 18.1. The van der Waals surface area contributed by atoms with E-state index in [1.165, 1.54) is 6.08 Å². The summed E-state index contributed by atoms with van der Waals surface area (Å²) in [5, 5.41) is 13.5. The molecule has 0 bridgehead atoms. The normalized spacial score (nSPS) is 31.5. The van der Waals surface area contributed by atoms with Crippen molar-refractivity contribution in [2.45, 2.75) is 40.7 Å². The van der Waals surface area contributed by atoms with E-state index in [9.17, 15) is 9.90 Å². The van der Waals surface area contributed by atoms with E-state index in [0.717, 1.165) is 5.56 Å². The number of halogens is 3. The summed E-state index contributed by atoms with van der Waals surface area (Å²) in [6.45, 7) is 3.40. The number of ether oxygens (including phenoxy) is 5. The number of aliphatic hydroxyl groups is 1. The van der Waals surface area contributed by atoms with Gasteiger partial charge in [0.05, 0.1) is 13.2 Å². The van der Waals surface area contributed by atoms with Crippen molar-refractivity contribution < 1.29 is 33.6 Å². The lowest BCUT2D eigenvalue weighted by Crippen LogP contribution is -2.66. The Bertz CT molecular complexity index is 718. The lowest BCUT2D eigenvalue weighted by Gasteiger charge is -2.47. The third-order valence-corrected chi connectivity index (χ3v) is 4.79. The average Bonchev–Trinajstić information content (AvgIpc) is 2.73. The molecule has 1 amide bonds. The van der Waals surface area contributed by atoms with Crippen LogP contribution in [0.1, 0.15) is 11.9 Å². The summed E-state index contributed by atoms with van der Waals surface area (Å²) in [6, 6.07) is 8.27. The van der Waals surface area contributed by atoms with Crippen LogP contribution in [0, 0.1) is 0 Å². The minimum atomic E-state index is -1.77. The van der Waals surface area contributed by atoms with Gasteiger partial charge in [-0.15, -0.1) is 6.58 Å². The molecule has 11 heteroatoms. The molecule has 2 N–H and O–H groups in total. The standard InChI is InChI=1S/C19H22Cl3NO7/c1-2-8-26-17-13(23-18(25)28-10-19(20,21)22)14(24)15-12(29-17)9-27-16(30-15)11-6-4-3-5-7-11/h2-7,12-17,24H,1,8-10H2,(H,23,25)/t12-,13-,14-,15-,16?,17-/m1/s1. The lowest BCUT2D eigenvalue weighted by molar-refractivity contribution is -0.342. The molecule has 2 fully saturated rings. The van der Waals surface area contributed by atoms with Crippen LogP contribution in [0.3, 0.4) is 0 Å². The molecule has 0 aromatic heterocycles. The van der Waals surface area contributed by atoms with Gasteiger partial charge in [0.15, 0.2) is 12.6 Å². The van der Waals surface area contributed by atoms with Crippen LogP contribution in [0.5, 0.6) is 0 Å². The number of carbonyl (C=O) groups is 1. The van der Waals surface area contributed by atoms with Crippen molar-refractivity contribution in [3.63, 3.8) is 0 Å². The van der Waals surface area contributed by atoms with Gasteiger partial charge >= 0.3 is 6.09 Å². The zero-order valence-electron chi connectivity index (χ0n) is 15.8. The Morgan fingerprint density at radius 1 is 1.30 bits per heavy atom. The summed E-state index contributed by atoms with van der Waals surface area (Å²) >= 11 is 16.8. The van der Waals surface area contributed by atoms with E-state index < -0.39 is 53.4 Å². The van der Waals surface area contributed by atoms with Gasteiger partial charge in [0.2, 0.25) is 3.79 Å². The van der Waals surface area contributed by atoms with Crippen molar-refractivity contribution in [1.29, 1.82) is 0 Å². The van der Waals surface area contributed by atoms with E-state index in [4.69, 9.17) is 58.5 Å². The predicted molar refractivity (Wildman–Crippen MR) is 109 cm³/mol. The maximum atomic E-state index is 12.2. The van der Waals surface area contributed by atoms with Crippen LogP contribution in [0.2, 0.25) is 0 Å². The molecule has 8 nitrogen and oxygen atoms in total. The number of alkyl halides is 3. The van der Waals surface area contributed by atoms with Crippen molar-refractivity contribution in [3.05, 3.63) is 48.6 Å². The second-order valence-corrected chi connectivity index (χ2v) is 9.21. The molecule has 30 heavy (non-hydrogen) atoms. The van der Waals surface area contributed by atoms with E-state index >= 15 is 0 Å². The molecule has 1 aromatic rings. The first-order valence-corrected chi connectivity index (χ1v) is 10.3. The molecular weight excluding hydrogens is 461 g/mol. The monoisotopic (exact) mass is 481 g/mol. The van der Waals surface area contributed by atoms with Crippen LogP contribution in [0.15, 0.2) is 43.0 Å². The number of hydrogen-bond donors (Lipinski definition) is 2. The first kappa shape index (κ1) is 23.6. The summed E-state index contributed by atoms with van der Waals surface area (Å²) in [5.74, 6) is 0. The molecule has 0 radical (unpaired) electrons. The minimum absolute atomic E-state index is 0.129. The first-order valence-electron chi connectivity index (χ1n) is 9.16. The largest absolute Gasteiger partial charge is 0.445 e. The number of carbonyl (C=O) groups excluding carboxylic acids is 1. The van der Waals surface area contributed by atoms with Crippen LogP contribution in [0.4, 0.5) is 4.79 Å². The summed E-state index contributed by atoms with van der Waals surface area (Å²) in [6.07, 6.45) is -3.66. The number of aliphatic hydroxyl groups excluding tert-OH is 1. The molecular formula is C19H22Cl3NO7. The van der Waals surface area contributed by atoms with E-state index in [1.54, 1.807) is 0 Å². The maximum absolute atomic E-state index is 12.2. The molecule has 0 aliphatic carbocycles. The van der Waals surface area contributed by atoms with Crippen molar-refractivity contribution >= 4 is 40.9 Å². The quantitative estimate of drug-likeness (QED) is 0.475. The number of alkyl carbamates (subject to hydrolysis) is 1. The van der Waals surface area contributed by atoms with Gasteiger partial charge in [-0.2, -0.15) is 0 Å². The zero-order chi connectivity index (χ0) is 21.7. The van der Waals surface area contributed by atoms with Crippen LogP contribution < -0.4 is 5.32 Å². The first-order chi connectivity index (χ1) is 14.3. The van der Waals surface area contributed by atoms with Gasteiger partial charge in [0, 0.05) is 5.56 Å². The third-order valence-electron chi connectivity index (χ3n) is 4.47. The average molecular weight is 483 g/mol. The Morgan fingerprint density at radius 3 is 2.70 bits per heavy atom. The molecule has 6 atom stereocenters. The fraction of sp³-hybridized carbons (Fsp3) is 0.526. The summed E-state index contributed by atoms with van der Waals surface area (Å²) in [5.41, 5.74) is 0.791. The van der Waals surface area contributed by atoms with Gasteiger partial charge < -0.3 is 34.1 Å². The van der Waals surface area contributed by atoms with E-state index in [1.807, 2.05) is 30.3 Å². The van der Waals surface area contributed by atoms with Crippen LogP contribution >= 0.6 is 34.8 Å². The number of benzene rings is 1. The number of nitrogens with one attached hydrogen (secondary N) is 1. The second kappa shape index (κ2) is 10.5. The number of fused-ring (bicyclic) bond motifs is 1. The molecule has 2 saturated heterocycles. The fourth-order valence-electron chi connectivity index (χ4n) is 3.16. The van der Waals surface area contributed by atoms with Crippen molar-refractivity contribution in [2.75, 3.05) is 19.8 Å². The highest BCUT2D eigenvalue weighted by atomic mass is 35.6. The molecule has 2 aliphatic rings. The molecule has 1 unspecified atom stereocenters. The highest BCUT2D eigenvalue weighted by Gasteiger charge is 2.50. The molecule has 2 heterocycles. The van der Waals surface area contributed by atoms with Gasteiger partial charge in [-0.3, -0.25) is 0 Å². The Hall–Kier alpha value is -1.10. The molecule has 3 rings (SSSR count). The van der Waals surface area contributed by atoms with Crippen molar-refractivity contribution in [1.82, 2.24) is 5.32 Å². The van der Waals surface area contributed by atoms with Gasteiger partial charge in [0.25, 0.3) is 0 Å². The minimum Gasteiger partial charge on any atom is -0.445 e. The summed E-state index contributed by atoms with van der Waals surface area (Å²) < 4.78 is 26.2. The fourth-order valence-corrected chi connectivity index (χ4v) is 3.32. The van der Waals surface area contributed by atoms with E-state index in [2.05, 4.69) is 11.9 Å². The van der Waals surface area contributed by atoms with E-state index in [0.29, 0.717) is 0 Å². The summed E-state index contributed by atoms with van der Waals surface area (Å²) in [7, 11) is 0. The number of rotatable bonds is 6. The van der Waals surface area contributed by atoms with Gasteiger partial charge in [-0.1, -0.05) is 71.2 Å². The highest BCUT2D eigenvalue weighted by Crippen LogP contribution is 2.34. The second-order valence-electron chi connectivity index (χ2n) is 6.69. The van der Waals surface area contributed by atoms with Crippen molar-refractivity contribution in [3.8, 4) is 0 Å². The van der Waals surface area contributed by atoms with E-state index in [-0.39, 0.29) is 13.2 Å². The Balaban J connectivity index is 1.70. The Morgan fingerprint density at radius 2 is 2.03 bits per heavy atom. The van der Waals surface area contributed by atoms with Crippen LogP contribution in [0.25, 0.3) is 0 Å². The molecule has 166 valence electrons. The van der Waals surface area contributed by atoms with Crippen LogP contribution in [-0.2, 0) is 23.7 Å². The van der Waals surface area contributed by atoms with Gasteiger partial charge in [-0.25, -0.2) is 4.79 Å². The Kier molecular flexibility index (Phi) is 8.23. The number of amides is 1. The maximum Gasteiger partial charge on any atom is 0.407 e. The lowest BCUT2D eigenvalue weighted by atomic mass is 9.96. The highest BCUT2D eigenvalue weighted by molar-refractivity contribution is 6.67. The molecule has 0 spiro atoms. The third kappa shape index (κ3) is 6.21. The predicted octanol–water partition coefficient (Wildman–Crippen LogP) is 2.85. The van der Waals surface area contributed by atoms with Gasteiger partial charge in [0.1, 0.15) is 31.0 Å². The van der Waals surface area contributed by atoms with Gasteiger partial charge in [-0.05, 0) is 0 Å². The Labute approximate surface area is 188 Å². The molecule has 1 aromatic carbocycles. The smallest absolute Gasteiger partial charge is 0.407 e. The van der Waals surface area contributed by atoms with Crippen LogP contribution in [-0.4, -0.2) is 65.5 Å². The van der Waals surface area contributed by atoms with Crippen molar-refractivity contribution in [2.24, 2.45) is 0 Å². The number of hydrogen-bond acceptors (Lipinski definition) is 7. The molecule has 2 aliphatic heterocycles. The topological polar surface area (TPSA) is 95.5 Å².